The number of carbonyl (C=O) groups is 1. The van der Waals surface area contributed by atoms with Crippen LogP contribution in [0.25, 0.3) is 6.08 Å². The first-order chi connectivity index (χ1) is 13.4. The summed E-state index contributed by atoms with van der Waals surface area (Å²) in [7, 11) is -3.42. The third-order valence-electron chi connectivity index (χ3n) is 5.89. The van der Waals surface area contributed by atoms with Gasteiger partial charge >= 0.3 is 0 Å². The molecule has 1 aromatic rings. The van der Waals surface area contributed by atoms with Gasteiger partial charge < -0.3 is 10.2 Å². The topological polar surface area (TPSA) is 70.9 Å². The van der Waals surface area contributed by atoms with E-state index < -0.39 is 10.0 Å². The van der Waals surface area contributed by atoms with Crippen LogP contribution in [0.3, 0.4) is 0 Å². The van der Waals surface area contributed by atoms with E-state index in [1.165, 1.54) is 29.0 Å². The van der Waals surface area contributed by atoms with Gasteiger partial charge in [-0.2, -0.15) is 4.31 Å². The molecule has 1 aromatic carbocycles. The molecule has 2 fully saturated rings. The van der Waals surface area contributed by atoms with Gasteiger partial charge in [-0.25, -0.2) is 8.42 Å². The van der Waals surface area contributed by atoms with Gasteiger partial charge in [0.15, 0.2) is 6.54 Å². The minimum absolute atomic E-state index is 0.0917. The number of hydrogen-bond acceptors (Lipinski definition) is 3. The lowest BCUT2D eigenvalue weighted by molar-refractivity contribution is -0.895. The van der Waals surface area contributed by atoms with Gasteiger partial charge in [0.1, 0.15) is 0 Å². The molecular weight excluding hydrogens is 374 g/mol. The van der Waals surface area contributed by atoms with Crippen LogP contribution in [-0.4, -0.2) is 57.4 Å². The van der Waals surface area contributed by atoms with Gasteiger partial charge in [-0.15, -0.1) is 0 Å². The Morgan fingerprint density at radius 1 is 1.18 bits per heavy atom. The van der Waals surface area contributed by atoms with Crippen molar-refractivity contribution < 1.29 is 18.1 Å². The second-order valence-electron chi connectivity index (χ2n) is 8.02. The Balaban J connectivity index is 1.46. The van der Waals surface area contributed by atoms with Crippen LogP contribution in [0, 0.1) is 5.92 Å². The van der Waals surface area contributed by atoms with Crippen molar-refractivity contribution >= 4 is 22.0 Å². The summed E-state index contributed by atoms with van der Waals surface area (Å²) in [5, 5.41) is 4.48. The molecule has 1 aliphatic heterocycles. The maximum atomic E-state index is 12.5. The lowest BCUT2D eigenvalue weighted by Crippen LogP contribution is -3.15. The van der Waals surface area contributed by atoms with Crippen LogP contribution in [0.5, 0.6) is 0 Å². The molecule has 154 valence electrons. The average molecular weight is 407 g/mol. The molecule has 0 bridgehead atoms. The fraction of sp³-hybridized carbons (Fsp3) is 0.571. The van der Waals surface area contributed by atoms with E-state index in [4.69, 9.17) is 0 Å². The predicted octanol–water partition coefficient (Wildman–Crippen LogP) is 0.883. The predicted molar refractivity (Wildman–Crippen MR) is 111 cm³/mol. The zero-order valence-electron chi connectivity index (χ0n) is 16.6. The van der Waals surface area contributed by atoms with Crippen molar-refractivity contribution in [3.8, 4) is 0 Å². The highest BCUT2D eigenvalue weighted by atomic mass is 32.2. The maximum Gasteiger partial charge on any atom is 0.275 e. The van der Waals surface area contributed by atoms with Gasteiger partial charge in [-0.05, 0) is 30.4 Å². The van der Waals surface area contributed by atoms with Crippen LogP contribution in [0.15, 0.2) is 35.7 Å². The minimum atomic E-state index is -3.42. The molecule has 1 amide bonds. The lowest BCUT2D eigenvalue weighted by atomic mass is 9.86. The molecule has 0 radical (unpaired) electrons. The van der Waals surface area contributed by atoms with Crippen LogP contribution in [-0.2, 0) is 14.8 Å². The van der Waals surface area contributed by atoms with E-state index in [1.807, 2.05) is 30.3 Å². The molecule has 1 saturated heterocycles. The van der Waals surface area contributed by atoms with Gasteiger partial charge in [0.05, 0.1) is 26.2 Å². The van der Waals surface area contributed by atoms with Crippen molar-refractivity contribution in [1.29, 1.82) is 0 Å². The van der Waals surface area contributed by atoms with Gasteiger partial charge in [-0.1, -0.05) is 50.1 Å². The first-order valence-corrected chi connectivity index (χ1v) is 11.8. The summed E-state index contributed by atoms with van der Waals surface area (Å²) in [5.41, 5.74) is 0.865. The molecular formula is C21H32N3O3S+. The van der Waals surface area contributed by atoms with E-state index in [2.05, 4.69) is 12.2 Å². The van der Waals surface area contributed by atoms with Gasteiger partial charge in [0.25, 0.3) is 5.91 Å². The van der Waals surface area contributed by atoms with Crippen LogP contribution >= 0.6 is 0 Å². The normalized spacial score (nSPS) is 25.0. The third-order valence-corrected chi connectivity index (χ3v) is 7.45. The minimum Gasteiger partial charge on any atom is -0.348 e. The summed E-state index contributed by atoms with van der Waals surface area (Å²) < 4.78 is 26.6. The number of amides is 1. The first kappa shape index (κ1) is 21.0. The molecule has 0 spiro atoms. The number of quaternary nitrogens is 1. The summed E-state index contributed by atoms with van der Waals surface area (Å²) in [5.74, 6) is 0.639. The Labute approximate surface area is 168 Å². The van der Waals surface area contributed by atoms with Crippen LogP contribution in [0.4, 0.5) is 0 Å². The van der Waals surface area contributed by atoms with Crippen LogP contribution in [0.1, 0.15) is 38.2 Å². The van der Waals surface area contributed by atoms with Crippen molar-refractivity contribution in [3.63, 3.8) is 0 Å². The van der Waals surface area contributed by atoms with E-state index in [0.29, 0.717) is 44.7 Å². The van der Waals surface area contributed by atoms with Crippen molar-refractivity contribution in [3.05, 3.63) is 41.3 Å². The molecule has 0 unspecified atom stereocenters. The number of carbonyl (C=O) groups excluding carboxylic acids is 1. The SMILES string of the molecule is C[C@H]1CCCC[C@@H]1NC(=O)C[NH+]1CCN(S(=O)(=O)/C=C/c2ccccc2)CC1. The summed E-state index contributed by atoms with van der Waals surface area (Å²) in [4.78, 5) is 13.5. The van der Waals surface area contributed by atoms with Crippen molar-refractivity contribution in [2.45, 2.75) is 38.6 Å². The highest BCUT2D eigenvalue weighted by Gasteiger charge is 2.29. The molecule has 7 heteroatoms. The van der Waals surface area contributed by atoms with Crippen LogP contribution in [0.2, 0.25) is 0 Å². The second kappa shape index (κ2) is 9.67. The molecule has 28 heavy (non-hydrogen) atoms. The zero-order valence-corrected chi connectivity index (χ0v) is 17.5. The number of nitrogens with one attached hydrogen (secondary N) is 2. The van der Waals surface area contributed by atoms with E-state index in [-0.39, 0.29) is 5.91 Å². The van der Waals surface area contributed by atoms with E-state index >= 15 is 0 Å². The van der Waals surface area contributed by atoms with Gasteiger partial charge in [-0.3, -0.25) is 4.79 Å². The quantitative estimate of drug-likeness (QED) is 0.737. The fourth-order valence-corrected chi connectivity index (χ4v) is 5.26. The Hall–Kier alpha value is -1.70. The molecule has 6 nitrogen and oxygen atoms in total. The van der Waals surface area contributed by atoms with E-state index in [0.717, 1.165) is 16.9 Å². The molecule has 1 heterocycles. The Morgan fingerprint density at radius 3 is 2.54 bits per heavy atom. The number of sulfonamides is 1. The average Bonchev–Trinajstić information content (AvgIpc) is 2.69. The zero-order chi connectivity index (χ0) is 20.0. The number of benzene rings is 1. The number of hydrogen-bond donors (Lipinski definition) is 2. The molecule has 2 aliphatic rings. The molecule has 0 aromatic heterocycles. The first-order valence-electron chi connectivity index (χ1n) is 10.3. The lowest BCUT2D eigenvalue weighted by Gasteiger charge is -2.32. The summed E-state index contributed by atoms with van der Waals surface area (Å²) >= 11 is 0. The van der Waals surface area contributed by atoms with E-state index in [9.17, 15) is 13.2 Å². The third kappa shape index (κ3) is 5.90. The highest BCUT2D eigenvalue weighted by Crippen LogP contribution is 2.23. The molecule has 3 rings (SSSR count). The van der Waals surface area contributed by atoms with Gasteiger partial charge in [0.2, 0.25) is 10.0 Å². The van der Waals surface area contributed by atoms with Crippen molar-refractivity contribution in [2.75, 3.05) is 32.7 Å². The molecule has 1 aliphatic carbocycles. The second-order valence-corrected chi connectivity index (χ2v) is 9.84. The Morgan fingerprint density at radius 2 is 1.86 bits per heavy atom. The number of rotatable bonds is 6. The maximum absolute atomic E-state index is 12.5. The summed E-state index contributed by atoms with van der Waals surface area (Å²) in [6, 6.07) is 9.71. The number of piperazine rings is 1. The van der Waals surface area contributed by atoms with Crippen LogP contribution < -0.4 is 10.2 Å². The number of nitrogens with zero attached hydrogens (tertiary/aromatic N) is 1. The standard InChI is InChI=1S/C21H31N3O3S/c1-18-7-5-6-10-20(18)22-21(25)17-23-12-14-24(15-13-23)28(26,27)16-11-19-8-3-2-4-9-19/h2-4,8-9,11,16,18,20H,5-7,10,12-15,17H2,1H3,(H,22,25)/p+1/b16-11+/t18-,20-/m0/s1. The largest absolute Gasteiger partial charge is 0.348 e. The molecule has 2 N–H and O–H groups in total. The van der Waals surface area contributed by atoms with Crippen molar-refractivity contribution in [1.82, 2.24) is 9.62 Å². The summed E-state index contributed by atoms with van der Waals surface area (Å²) in [6.07, 6.45) is 6.34. The van der Waals surface area contributed by atoms with Gasteiger partial charge in [0, 0.05) is 11.4 Å². The van der Waals surface area contributed by atoms with Crippen molar-refractivity contribution in [2.24, 2.45) is 5.92 Å². The summed E-state index contributed by atoms with van der Waals surface area (Å²) in [6.45, 7) is 4.85. The van der Waals surface area contributed by atoms with E-state index in [1.54, 1.807) is 6.08 Å². The molecule has 2 atom stereocenters. The Kier molecular flexibility index (Phi) is 7.26. The monoisotopic (exact) mass is 406 g/mol. The highest BCUT2D eigenvalue weighted by molar-refractivity contribution is 7.92. The molecule has 1 saturated carbocycles. The smallest absolute Gasteiger partial charge is 0.275 e. The fourth-order valence-electron chi connectivity index (χ4n) is 4.06. The Bertz CT molecular complexity index is 771.